The van der Waals surface area contributed by atoms with Crippen molar-refractivity contribution in [3.8, 4) is 0 Å². The molecule has 3 N–H and O–H groups in total. The van der Waals surface area contributed by atoms with Crippen molar-refractivity contribution in [3.05, 3.63) is 17.3 Å². The molecule has 0 aliphatic heterocycles. The molecule has 1 fully saturated rings. The van der Waals surface area contributed by atoms with Crippen LogP contribution in [0.25, 0.3) is 0 Å². The lowest BCUT2D eigenvalue weighted by molar-refractivity contribution is 0.0942. The van der Waals surface area contributed by atoms with Crippen LogP contribution in [0.3, 0.4) is 0 Å². The van der Waals surface area contributed by atoms with E-state index in [1.807, 2.05) is 13.8 Å². The zero-order valence-electron chi connectivity index (χ0n) is 11.4. The van der Waals surface area contributed by atoms with Crippen molar-refractivity contribution < 1.29 is 14.3 Å². The molecule has 6 heteroatoms. The maximum absolute atomic E-state index is 11.7. The van der Waals surface area contributed by atoms with Gasteiger partial charge in [0.05, 0.1) is 24.4 Å². The topological polar surface area (TPSA) is 87.4 Å². The molecule has 2 amide bonds. The Morgan fingerprint density at radius 3 is 2.79 bits per heavy atom. The van der Waals surface area contributed by atoms with Gasteiger partial charge in [-0.2, -0.15) is 0 Å². The lowest BCUT2D eigenvalue weighted by atomic mass is 9.93. The maximum atomic E-state index is 11.7. The molecule has 0 radical (unpaired) electrons. The van der Waals surface area contributed by atoms with Crippen LogP contribution in [0, 0.1) is 13.8 Å². The fourth-order valence-electron chi connectivity index (χ4n) is 2.27. The molecular formula is C13H21N3O3. The number of oxazole rings is 1. The van der Waals surface area contributed by atoms with Gasteiger partial charge in [0.2, 0.25) is 5.89 Å². The number of aromatic nitrogens is 1. The molecule has 2 unspecified atom stereocenters. The molecule has 106 valence electrons. The van der Waals surface area contributed by atoms with E-state index in [9.17, 15) is 9.90 Å². The predicted octanol–water partition coefficient (Wildman–Crippen LogP) is 1.39. The van der Waals surface area contributed by atoms with Crippen molar-refractivity contribution >= 4 is 6.03 Å². The smallest absolute Gasteiger partial charge is 0.315 e. The van der Waals surface area contributed by atoms with Crippen LogP contribution in [-0.4, -0.2) is 28.3 Å². The summed E-state index contributed by atoms with van der Waals surface area (Å²) in [6, 6.07) is -0.443. The van der Waals surface area contributed by atoms with Gasteiger partial charge in [0, 0.05) is 0 Å². The van der Waals surface area contributed by atoms with E-state index in [2.05, 4.69) is 15.6 Å². The van der Waals surface area contributed by atoms with Crippen LogP contribution in [0.1, 0.15) is 43.0 Å². The monoisotopic (exact) mass is 267 g/mol. The number of aliphatic hydroxyl groups is 1. The highest BCUT2D eigenvalue weighted by Crippen LogP contribution is 2.18. The molecule has 0 spiro atoms. The Hall–Kier alpha value is -1.56. The first-order valence-corrected chi connectivity index (χ1v) is 6.71. The van der Waals surface area contributed by atoms with Gasteiger partial charge >= 0.3 is 6.03 Å². The summed E-state index contributed by atoms with van der Waals surface area (Å²) in [5.41, 5.74) is 0.833. The fourth-order valence-corrected chi connectivity index (χ4v) is 2.27. The van der Waals surface area contributed by atoms with Gasteiger partial charge in [0.1, 0.15) is 5.76 Å². The van der Waals surface area contributed by atoms with Crippen LogP contribution in [0.2, 0.25) is 0 Å². The van der Waals surface area contributed by atoms with Crippen molar-refractivity contribution in [2.24, 2.45) is 0 Å². The first kappa shape index (κ1) is 13.9. The van der Waals surface area contributed by atoms with Crippen LogP contribution in [0.15, 0.2) is 4.42 Å². The van der Waals surface area contributed by atoms with Crippen molar-refractivity contribution in [3.63, 3.8) is 0 Å². The Labute approximate surface area is 112 Å². The molecule has 1 saturated carbocycles. The number of urea groups is 1. The van der Waals surface area contributed by atoms with Crippen molar-refractivity contribution in [1.29, 1.82) is 0 Å². The van der Waals surface area contributed by atoms with E-state index in [1.54, 1.807) is 0 Å². The third-order valence-corrected chi connectivity index (χ3v) is 3.52. The van der Waals surface area contributed by atoms with Gasteiger partial charge in [-0.25, -0.2) is 9.78 Å². The Bertz CT molecular complexity index is 425. The average molecular weight is 267 g/mol. The summed E-state index contributed by atoms with van der Waals surface area (Å²) < 4.78 is 5.37. The summed E-state index contributed by atoms with van der Waals surface area (Å²) in [4.78, 5) is 15.9. The van der Waals surface area contributed by atoms with E-state index in [0.717, 1.165) is 37.1 Å². The molecule has 0 aromatic carbocycles. The van der Waals surface area contributed by atoms with Gasteiger partial charge in [-0.15, -0.1) is 0 Å². The van der Waals surface area contributed by atoms with Crippen molar-refractivity contribution in [1.82, 2.24) is 15.6 Å². The normalized spacial score (nSPS) is 23.1. The van der Waals surface area contributed by atoms with Gasteiger partial charge in [-0.3, -0.25) is 0 Å². The standard InChI is InChI=1S/C13H21N3O3/c1-8-9(2)19-12(15-8)7-14-13(18)16-10-5-3-4-6-11(10)17/h10-11,17H,3-7H2,1-2H3,(H2,14,16,18). The summed E-state index contributed by atoms with van der Waals surface area (Å²) in [7, 11) is 0. The number of hydrogen-bond donors (Lipinski definition) is 3. The van der Waals surface area contributed by atoms with E-state index >= 15 is 0 Å². The number of carbonyl (C=O) groups is 1. The van der Waals surface area contributed by atoms with Crippen LogP contribution in [0.5, 0.6) is 0 Å². The molecule has 1 aromatic rings. The van der Waals surface area contributed by atoms with E-state index in [1.165, 1.54) is 0 Å². The van der Waals surface area contributed by atoms with Gasteiger partial charge in [-0.05, 0) is 26.7 Å². The highest BCUT2D eigenvalue weighted by molar-refractivity contribution is 5.74. The molecule has 1 aromatic heterocycles. The summed E-state index contributed by atoms with van der Waals surface area (Å²) in [5.74, 6) is 1.26. The Balaban J connectivity index is 1.78. The molecule has 1 heterocycles. The van der Waals surface area contributed by atoms with Gasteiger partial charge in [0.15, 0.2) is 0 Å². The quantitative estimate of drug-likeness (QED) is 0.772. The average Bonchev–Trinajstić information content (AvgIpc) is 2.69. The van der Waals surface area contributed by atoms with Crippen LogP contribution < -0.4 is 10.6 Å². The number of amides is 2. The molecule has 2 rings (SSSR count). The first-order valence-electron chi connectivity index (χ1n) is 6.71. The second-order valence-electron chi connectivity index (χ2n) is 5.03. The summed E-state index contributed by atoms with van der Waals surface area (Å²) >= 11 is 0. The molecule has 6 nitrogen and oxygen atoms in total. The Morgan fingerprint density at radius 1 is 1.42 bits per heavy atom. The molecule has 0 bridgehead atoms. The number of aliphatic hydroxyl groups excluding tert-OH is 1. The Morgan fingerprint density at radius 2 is 2.16 bits per heavy atom. The molecule has 1 aliphatic rings. The van der Waals surface area contributed by atoms with Crippen LogP contribution in [-0.2, 0) is 6.54 Å². The minimum Gasteiger partial charge on any atom is -0.444 e. The largest absolute Gasteiger partial charge is 0.444 e. The lowest BCUT2D eigenvalue weighted by Gasteiger charge is -2.28. The first-order chi connectivity index (χ1) is 9.06. The SMILES string of the molecule is Cc1nc(CNC(=O)NC2CCCCC2O)oc1C. The fraction of sp³-hybridized carbons (Fsp3) is 0.692. The van der Waals surface area contributed by atoms with E-state index < -0.39 is 6.10 Å². The summed E-state index contributed by atoms with van der Waals surface area (Å²) in [6.07, 6.45) is 3.20. The van der Waals surface area contributed by atoms with Crippen LogP contribution in [0.4, 0.5) is 4.79 Å². The van der Waals surface area contributed by atoms with Crippen LogP contribution >= 0.6 is 0 Å². The minimum atomic E-state index is -0.439. The highest BCUT2D eigenvalue weighted by atomic mass is 16.4. The van der Waals surface area contributed by atoms with E-state index in [4.69, 9.17) is 4.42 Å². The molecule has 2 atom stereocenters. The zero-order chi connectivity index (χ0) is 13.8. The number of carbonyl (C=O) groups excluding carboxylic acids is 1. The van der Waals surface area contributed by atoms with Gasteiger partial charge < -0.3 is 20.2 Å². The summed E-state index contributed by atoms with van der Waals surface area (Å²) in [6.45, 7) is 3.95. The summed E-state index contributed by atoms with van der Waals surface area (Å²) in [5, 5.41) is 15.3. The van der Waals surface area contributed by atoms with Crippen molar-refractivity contribution in [2.45, 2.75) is 58.2 Å². The number of rotatable bonds is 3. The third kappa shape index (κ3) is 3.70. The zero-order valence-corrected chi connectivity index (χ0v) is 11.4. The lowest BCUT2D eigenvalue weighted by Crippen LogP contribution is -2.48. The second-order valence-corrected chi connectivity index (χ2v) is 5.03. The third-order valence-electron chi connectivity index (χ3n) is 3.52. The molecular weight excluding hydrogens is 246 g/mol. The van der Waals surface area contributed by atoms with E-state index in [0.29, 0.717) is 5.89 Å². The number of nitrogens with one attached hydrogen (secondary N) is 2. The molecule has 1 aliphatic carbocycles. The minimum absolute atomic E-state index is 0.151. The van der Waals surface area contributed by atoms with Gasteiger partial charge in [-0.1, -0.05) is 12.8 Å². The molecule has 0 saturated heterocycles. The Kier molecular flexibility index (Phi) is 4.42. The number of nitrogens with zero attached hydrogens (tertiary/aromatic N) is 1. The van der Waals surface area contributed by atoms with E-state index in [-0.39, 0.29) is 18.6 Å². The van der Waals surface area contributed by atoms with Gasteiger partial charge in [0.25, 0.3) is 0 Å². The highest BCUT2D eigenvalue weighted by Gasteiger charge is 2.24. The van der Waals surface area contributed by atoms with Crippen molar-refractivity contribution in [2.75, 3.05) is 0 Å². The number of hydrogen-bond acceptors (Lipinski definition) is 4. The predicted molar refractivity (Wildman–Crippen MR) is 69.6 cm³/mol. The molecule has 19 heavy (non-hydrogen) atoms. The maximum Gasteiger partial charge on any atom is 0.315 e. The number of aryl methyl sites for hydroxylation is 2. The second kappa shape index (κ2) is 6.06.